The van der Waals surface area contributed by atoms with Crippen molar-refractivity contribution in [1.82, 2.24) is 5.32 Å². The zero-order chi connectivity index (χ0) is 25.4. The standard InChI is InChI=1S/C21H19Br2F4NO6/c1-10-16(24)17(25)18(26)19(27)21(10)34-13(30)2-4-32-6-7-33-5-3-28-9-11-8-12(29)14(22)15(23)20(11)31/h9,28H,2-8H2,1H3. The van der Waals surface area contributed by atoms with Crippen molar-refractivity contribution in [1.29, 1.82) is 0 Å². The van der Waals surface area contributed by atoms with Gasteiger partial charge in [0.1, 0.15) is 0 Å². The van der Waals surface area contributed by atoms with Crippen molar-refractivity contribution >= 4 is 49.4 Å². The van der Waals surface area contributed by atoms with Crippen LogP contribution < -0.4 is 10.1 Å². The Morgan fingerprint density at radius 2 is 1.56 bits per heavy atom. The largest absolute Gasteiger partial charge is 0.423 e. The van der Waals surface area contributed by atoms with Gasteiger partial charge in [0, 0.05) is 30.3 Å². The molecule has 34 heavy (non-hydrogen) atoms. The van der Waals surface area contributed by atoms with E-state index in [9.17, 15) is 31.9 Å². The Kier molecular flexibility index (Phi) is 10.9. The molecule has 1 aliphatic rings. The number of benzene rings is 1. The lowest BCUT2D eigenvalue weighted by Gasteiger charge is -2.13. The Bertz CT molecular complexity index is 1020. The van der Waals surface area contributed by atoms with Gasteiger partial charge in [-0.15, -0.1) is 0 Å². The van der Waals surface area contributed by atoms with Gasteiger partial charge in [0.2, 0.25) is 11.6 Å². The highest BCUT2D eigenvalue weighted by molar-refractivity contribution is 9.14. The first-order valence-corrected chi connectivity index (χ1v) is 11.4. The zero-order valence-electron chi connectivity index (χ0n) is 17.7. The second kappa shape index (κ2) is 13.1. The van der Waals surface area contributed by atoms with Crippen LogP contribution in [0.15, 0.2) is 20.7 Å². The SMILES string of the molecule is Cc1c(F)c(F)c(F)c(F)c1OC(=O)CCOCCOCCNC=C1CC(=O)C(Br)=C(Br)C1=O. The number of allylic oxidation sites excluding steroid dienone is 3. The van der Waals surface area contributed by atoms with E-state index in [0.717, 1.165) is 6.92 Å². The van der Waals surface area contributed by atoms with E-state index in [-0.39, 0.29) is 59.8 Å². The van der Waals surface area contributed by atoms with Gasteiger partial charge in [-0.25, -0.2) is 13.2 Å². The fourth-order valence-electron chi connectivity index (χ4n) is 2.62. The Hall–Kier alpha value is -2.09. The maximum atomic E-state index is 13.7. The van der Waals surface area contributed by atoms with Gasteiger partial charge in [-0.3, -0.25) is 14.4 Å². The van der Waals surface area contributed by atoms with E-state index in [2.05, 4.69) is 41.9 Å². The first-order valence-electron chi connectivity index (χ1n) is 9.80. The highest BCUT2D eigenvalue weighted by Crippen LogP contribution is 2.31. The van der Waals surface area contributed by atoms with Crippen molar-refractivity contribution in [2.24, 2.45) is 0 Å². The Morgan fingerprint density at radius 3 is 2.24 bits per heavy atom. The van der Waals surface area contributed by atoms with Crippen LogP contribution in [0.25, 0.3) is 0 Å². The number of Topliss-reactive ketones (excluding diaryl/α,β-unsaturated/α-hetero) is 2. The summed E-state index contributed by atoms with van der Waals surface area (Å²) >= 11 is 6.12. The summed E-state index contributed by atoms with van der Waals surface area (Å²) in [6.07, 6.45) is 1.09. The number of nitrogens with one attached hydrogen (secondary N) is 1. The van der Waals surface area contributed by atoms with Crippen molar-refractivity contribution in [2.75, 3.05) is 33.0 Å². The highest BCUT2D eigenvalue weighted by Gasteiger charge is 2.28. The van der Waals surface area contributed by atoms with E-state index < -0.39 is 40.6 Å². The molecule has 0 radical (unpaired) electrons. The maximum Gasteiger partial charge on any atom is 0.313 e. The predicted octanol–water partition coefficient (Wildman–Crippen LogP) is 3.90. The lowest BCUT2D eigenvalue weighted by molar-refractivity contribution is -0.136. The molecule has 7 nitrogen and oxygen atoms in total. The van der Waals surface area contributed by atoms with Crippen LogP contribution in [0.1, 0.15) is 18.4 Å². The molecular formula is C21H19Br2F4NO6. The third-order valence-electron chi connectivity index (χ3n) is 4.43. The molecule has 1 aromatic rings. The monoisotopic (exact) mass is 615 g/mol. The van der Waals surface area contributed by atoms with Crippen LogP contribution in [-0.2, 0) is 23.9 Å². The summed E-state index contributed by atoms with van der Waals surface area (Å²) in [5.74, 6) is -10.0. The second-order valence-corrected chi connectivity index (χ2v) is 8.43. The lowest BCUT2D eigenvalue weighted by atomic mass is 10.00. The molecule has 13 heteroatoms. The molecule has 0 fully saturated rings. The van der Waals surface area contributed by atoms with E-state index in [1.165, 1.54) is 6.20 Å². The average molecular weight is 617 g/mol. The molecule has 1 N–H and O–H groups in total. The molecule has 0 heterocycles. The second-order valence-electron chi connectivity index (χ2n) is 6.84. The summed E-state index contributed by atoms with van der Waals surface area (Å²) in [7, 11) is 0. The van der Waals surface area contributed by atoms with E-state index >= 15 is 0 Å². The van der Waals surface area contributed by atoms with Crippen LogP contribution in [0.4, 0.5) is 17.6 Å². The minimum atomic E-state index is -2.07. The smallest absolute Gasteiger partial charge is 0.313 e. The molecule has 0 amide bonds. The van der Waals surface area contributed by atoms with Gasteiger partial charge in [0.05, 0.1) is 41.8 Å². The molecule has 0 aromatic heterocycles. The third kappa shape index (κ3) is 7.20. The molecule has 0 saturated carbocycles. The minimum Gasteiger partial charge on any atom is -0.423 e. The minimum absolute atomic E-state index is 0.0180. The van der Waals surface area contributed by atoms with Gasteiger partial charge in [-0.2, -0.15) is 4.39 Å². The van der Waals surface area contributed by atoms with E-state index in [1.807, 2.05) is 0 Å². The molecule has 0 aliphatic heterocycles. The van der Waals surface area contributed by atoms with Crippen molar-refractivity contribution in [3.8, 4) is 5.75 Å². The molecular weight excluding hydrogens is 598 g/mol. The van der Waals surface area contributed by atoms with E-state index in [4.69, 9.17) is 9.47 Å². The summed E-state index contributed by atoms with van der Waals surface area (Å²) in [5, 5.41) is 2.87. The quantitative estimate of drug-likeness (QED) is 0.0767. The number of rotatable bonds is 11. The highest BCUT2D eigenvalue weighted by atomic mass is 79.9. The molecule has 0 bridgehead atoms. The van der Waals surface area contributed by atoms with Gasteiger partial charge in [-0.05, 0) is 38.8 Å². The van der Waals surface area contributed by atoms with Crippen LogP contribution in [-0.4, -0.2) is 50.5 Å². The number of esters is 1. The molecule has 0 atom stereocenters. The maximum absolute atomic E-state index is 13.7. The topological polar surface area (TPSA) is 90.9 Å². The summed E-state index contributed by atoms with van der Waals surface area (Å²) in [6, 6.07) is 0. The van der Waals surface area contributed by atoms with Crippen LogP contribution in [0.2, 0.25) is 0 Å². The number of ketones is 2. The summed E-state index contributed by atoms with van der Waals surface area (Å²) in [5.41, 5.74) is -0.351. The third-order valence-corrected chi connectivity index (χ3v) is 6.56. The summed E-state index contributed by atoms with van der Waals surface area (Å²) < 4.78 is 69.1. The van der Waals surface area contributed by atoms with Crippen molar-refractivity contribution < 1.29 is 46.2 Å². The number of carbonyl (C=O) groups is 3. The number of ether oxygens (including phenoxy) is 3. The number of carbonyl (C=O) groups excluding carboxylic acids is 3. The van der Waals surface area contributed by atoms with Gasteiger partial charge < -0.3 is 19.5 Å². The molecule has 186 valence electrons. The fourth-order valence-corrected chi connectivity index (χ4v) is 3.42. The molecule has 1 aliphatic carbocycles. The van der Waals surface area contributed by atoms with Gasteiger partial charge in [-0.1, -0.05) is 0 Å². The van der Waals surface area contributed by atoms with Crippen LogP contribution in [0, 0.1) is 30.2 Å². The fraction of sp³-hybridized carbons (Fsp3) is 0.381. The molecule has 1 aromatic carbocycles. The molecule has 2 rings (SSSR count). The molecule has 0 saturated heterocycles. The molecule has 0 unspecified atom stereocenters. The summed E-state index contributed by atoms with van der Waals surface area (Å²) in [6.45, 7) is 1.72. The van der Waals surface area contributed by atoms with Crippen LogP contribution in [0.3, 0.4) is 0 Å². The lowest BCUT2D eigenvalue weighted by Crippen LogP contribution is -2.21. The zero-order valence-corrected chi connectivity index (χ0v) is 20.9. The van der Waals surface area contributed by atoms with Crippen molar-refractivity contribution in [3.63, 3.8) is 0 Å². The van der Waals surface area contributed by atoms with E-state index in [0.29, 0.717) is 12.1 Å². The Balaban J connectivity index is 1.60. The first kappa shape index (κ1) is 28.1. The van der Waals surface area contributed by atoms with Crippen molar-refractivity contribution in [2.45, 2.75) is 19.8 Å². The average Bonchev–Trinajstić information content (AvgIpc) is 2.82. The Labute approximate surface area is 208 Å². The molecule has 0 spiro atoms. The first-order chi connectivity index (χ1) is 16.1. The van der Waals surface area contributed by atoms with Crippen LogP contribution >= 0.6 is 31.9 Å². The number of halogens is 6. The van der Waals surface area contributed by atoms with Gasteiger partial charge in [0.15, 0.2) is 29.0 Å². The predicted molar refractivity (Wildman–Crippen MR) is 118 cm³/mol. The van der Waals surface area contributed by atoms with Crippen molar-refractivity contribution in [3.05, 3.63) is 49.6 Å². The normalized spacial score (nSPS) is 15.3. The van der Waals surface area contributed by atoms with E-state index in [1.54, 1.807) is 0 Å². The number of hydrogen-bond acceptors (Lipinski definition) is 7. The van der Waals surface area contributed by atoms with Gasteiger partial charge >= 0.3 is 5.97 Å². The number of hydrogen-bond donors (Lipinski definition) is 1. The summed E-state index contributed by atoms with van der Waals surface area (Å²) in [4.78, 5) is 35.5. The van der Waals surface area contributed by atoms with Crippen LogP contribution in [0.5, 0.6) is 5.75 Å². The van der Waals surface area contributed by atoms with Gasteiger partial charge in [0.25, 0.3) is 0 Å². The Morgan fingerprint density at radius 1 is 0.941 bits per heavy atom.